The largest absolute Gasteiger partial charge is 0.329 e. The van der Waals surface area contributed by atoms with Gasteiger partial charge in [0.1, 0.15) is 11.0 Å². The zero-order chi connectivity index (χ0) is 17.9. The third kappa shape index (κ3) is 3.22. The maximum absolute atomic E-state index is 12.0. The first-order valence-electron chi connectivity index (χ1n) is 7.62. The number of hydrogen-bond donors (Lipinski definition) is 2. The minimum atomic E-state index is -0.346. The summed E-state index contributed by atoms with van der Waals surface area (Å²) >= 11 is 1.08. The van der Waals surface area contributed by atoms with Crippen molar-refractivity contribution in [3.05, 3.63) is 48.5 Å². The number of carbonyl (C=O) groups is 1. The van der Waals surface area contributed by atoms with Crippen LogP contribution in [0, 0.1) is 0 Å². The number of urea groups is 1. The molecule has 0 bridgehead atoms. The Kier molecular flexibility index (Phi) is 4.23. The van der Waals surface area contributed by atoms with Crippen LogP contribution in [0.1, 0.15) is 0 Å². The second kappa shape index (κ2) is 6.84. The first kappa shape index (κ1) is 16.1. The van der Waals surface area contributed by atoms with E-state index in [1.807, 2.05) is 37.4 Å². The molecule has 2 amide bonds. The molecule has 26 heavy (non-hydrogen) atoms. The zero-order valence-corrected chi connectivity index (χ0v) is 14.4. The Balaban J connectivity index is 1.46. The average Bonchev–Trinajstić information content (AvgIpc) is 3.26. The second-order valence-electron chi connectivity index (χ2n) is 5.36. The standard InChI is InChI=1S/C16H13N7O2S/c1-23-14(10-7-8-12-13(9-10)21-25-20-12)18-19-16(23)26-22-15(24)17-11-5-3-2-4-6-11/h2-9H,1H3,(H2,17,22,24). The summed E-state index contributed by atoms with van der Waals surface area (Å²) in [7, 11) is 1.82. The lowest BCUT2D eigenvalue weighted by Gasteiger charge is -2.06. The highest BCUT2D eigenvalue weighted by molar-refractivity contribution is 7.97. The second-order valence-corrected chi connectivity index (χ2v) is 6.13. The van der Waals surface area contributed by atoms with E-state index in [2.05, 4.69) is 30.5 Å². The lowest BCUT2D eigenvalue weighted by molar-refractivity contribution is 0.257. The normalized spacial score (nSPS) is 10.8. The molecule has 10 heteroatoms. The number of fused-ring (bicyclic) bond motifs is 1. The number of nitrogens with one attached hydrogen (secondary N) is 2. The van der Waals surface area contributed by atoms with Crippen molar-refractivity contribution in [1.82, 2.24) is 29.8 Å². The molecule has 4 aromatic rings. The van der Waals surface area contributed by atoms with Gasteiger partial charge < -0.3 is 9.88 Å². The van der Waals surface area contributed by atoms with Gasteiger partial charge in [0.15, 0.2) is 5.82 Å². The van der Waals surface area contributed by atoms with Gasteiger partial charge in [-0.25, -0.2) is 9.42 Å². The van der Waals surface area contributed by atoms with Crippen LogP contribution in [0.4, 0.5) is 10.5 Å². The number of amides is 2. The van der Waals surface area contributed by atoms with Gasteiger partial charge in [-0.15, -0.1) is 10.2 Å². The summed E-state index contributed by atoms with van der Waals surface area (Å²) in [6.45, 7) is 0. The van der Waals surface area contributed by atoms with E-state index in [-0.39, 0.29) is 6.03 Å². The first-order chi connectivity index (χ1) is 12.7. The summed E-state index contributed by atoms with van der Waals surface area (Å²) in [6.07, 6.45) is 0. The van der Waals surface area contributed by atoms with Crippen LogP contribution in [0.25, 0.3) is 22.4 Å². The number of nitrogens with zero attached hydrogens (tertiary/aromatic N) is 5. The van der Waals surface area contributed by atoms with Crippen molar-refractivity contribution in [3.8, 4) is 11.4 Å². The van der Waals surface area contributed by atoms with Gasteiger partial charge in [-0.1, -0.05) is 18.2 Å². The van der Waals surface area contributed by atoms with E-state index in [1.165, 1.54) is 0 Å². The first-order valence-corrected chi connectivity index (χ1v) is 8.43. The molecule has 0 aliphatic carbocycles. The maximum atomic E-state index is 12.0. The summed E-state index contributed by atoms with van der Waals surface area (Å²) in [4.78, 5) is 12.0. The number of rotatable bonds is 4. The van der Waals surface area contributed by atoms with Crippen LogP contribution in [0.3, 0.4) is 0 Å². The molecule has 0 aliphatic heterocycles. The average molecular weight is 367 g/mol. The molecule has 0 spiro atoms. The van der Waals surface area contributed by atoms with Crippen molar-refractivity contribution in [2.45, 2.75) is 5.16 Å². The van der Waals surface area contributed by atoms with Crippen molar-refractivity contribution in [3.63, 3.8) is 0 Å². The summed E-state index contributed by atoms with van der Waals surface area (Å²) in [5, 5.41) is 19.2. The lowest BCUT2D eigenvalue weighted by Crippen LogP contribution is -2.23. The van der Waals surface area contributed by atoms with Gasteiger partial charge in [0.2, 0.25) is 5.16 Å². The quantitative estimate of drug-likeness (QED) is 0.534. The van der Waals surface area contributed by atoms with E-state index in [1.54, 1.807) is 22.8 Å². The number of aromatic nitrogens is 5. The van der Waals surface area contributed by atoms with Crippen molar-refractivity contribution >= 4 is 34.7 Å². The van der Waals surface area contributed by atoms with Crippen LogP contribution in [-0.4, -0.2) is 31.1 Å². The predicted molar refractivity (Wildman–Crippen MR) is 96.3 cm³/mol. The fourth-order valence-corrected chi connectivity index (χ4v) is 2.89. The number of para-hydroxylation sites is 1. The van der Waals surface area contributed by atoms with Crippen LogP contribution < -0.4 is 10.0 Å². The summed E-state index contributed by atoms with van der Waals surface area (Å²) in [5.41, 5.74) is 2.84. The molecule has 2 aromatic heterocycles. The topological polar surface area (TPSA) is 111 Å². The molecule has 4 rings (SSSR count). The van der Waals surface area contributed by atoms with Crippen molar-refractivity contribution < 1.29 is 9.42 Å². The van der Waals surface area contributed by atoms with Crippen molar-refractivity contribution in [2.24, 2.45) is 7.05 Å². The lowest BCUT2D eigenvalue weighted by atomic mass is 10.2. The Morgan fingerprint density at radius 1 is 1.08 bits per heavy atom. The fourth-order valence-electron chi connectivity index (χ4n) is 2.35. The van der Waals surface area contributed by atoms with Gasteiger partial charge in [-0.3, -0.25) is 4.72 Å². The van der Waals surface area contributed by atoms with E-state index in [9.17, 15) is 4.79 Å². The number of carbonyl (C=O) groups excluding carboxylic acids is 1. The van der Waals surface area contributed by atoms with Gasteiger partial charge in [0.25, 0.3) is 0 Å². The zero-order valence-electron chi connectivity index (χ0n) is 13.6. The number of hydrogen-bond acceptors (Lipinski definition) is 7. The van der Waals surface area contributed by atoms with Crippen LogP contribution >= 0.6 is 11.9 Å². The molecule has 9 nitrogen and oxygen atoms in total. The highest BCUT2D eigenvalue weighted by Crippen LogP contribution is 2.23. The van der Waals surface area contributed by atoms with E-state index in [0.29, 0.717) is 27.7 Å². The Hall–Kier alpha value is -3.40. The van der Waals surface area contributed by atoms with Gasteiger partial charge in [0.05, 0.1) is 0 Å². The Labute approximate surface area is 151 Å². The number of benzene rings is 2. The molecule has 0 saturated carbocycles. The molecule has 0 aliphatic rings. The summed E-state index contributed by atoms with van der Waals surface area (Å²) < 4.78 is 9.17. The SMILES string of the molecule is Cn1c(SNC(=O)Nc2ccccc2)nnc1-c1ccc2nonc2c1. The van der Waals surface area contributed by atoms with Gasteiger partial charge >= 0.3 is 6.03 Å². The molecule has 2 N–H and O–H groups in total. The summed E-state index contributed by atoms with van der Waals surface area (Å²) in [5.74, 6) is 0.641. The Bertz CT molecular complexity index is 1060. The minimum Gasteiger partial charge on any atom is -0.307 e. The third-order valence-corrected chi connectivity index (χ3v) is 4.44. The van der Waals surface area contributed by atoms with Gasteiger partial charge in [-0.05, 0) is 40.6 Å². The molecular weight excluding hydrogens is 354 g/mol. The van der Waals surface area contributed by atoms with Crippen molar-refractivity contribution in [2.75, 3.05) is 5.32 Å². The molecule has 0 atom stereocenters. The van der Waals surface area contributed by atoms with Crippen molar-refractivity contribution in [1.29, 1.82) is 0 Å². The van der Waals surface area contributed by atoms with E-state index in [0.717, 1.165) is 17.5 Å². The molecule has 0 unspecified atom stereocenters. The highest BCUT2D eigenvalue weighted by atomic mass is 32.2. The highest BCUT2D eigenvalue weighted by Gasteiger charge is 2.14. The summed E-state index contributed by atoms with van der Waals surface area (Å²) in [6, 6.07) is 14.3. The molecule has 0 fully saturated rings. The van der Waals surface area contributed by atoms with E-state index < -0.39 is 0 Å². The molecule has 2 heterocycles. The smallest absolute Gasteiger partial charge is 0.307 e. The number of anilines is 1. The van der Waals surface area contributed by atoms with Crippen LogP contribution in [0.2, 0.25) is 0 Å². The molecule has 130 valence electrons. The molecule has 0 saturated heterocycles. The van der Waals surface area contributed by atoms with Gasteiger partial charge in [0, 0.05) is 30.2 Å². The van der Waals surface area contributed by atoms with Gasteiger partial charge in [-0.2, -0.15) is 0 Å². The van der Waals surface area contributed by atoms with Crippen LogP contribution in [-0.2, 0) is 7.05 Å². The minimum absolute atomic E-state index is 0.346. The predicted octanol–water partition coefficient (Wildman–Crippen LogP) is 2.85. The maximum Gasteiger partial charge on any atom is 0.329 e. The van der Waals surface area contributed by atoms with E-state index in [4.69, 9.17) is 4.63 Å². The molecule has 2 aromatic carbocycles. The molecule has 0 radical (unpaired) electrons. The van der Waals surface area contributed by atoms with Crippen LogP contribution in [0.15, 0.2) is 58.3 Å². The monoisotopic (exact) mass is 367 g/mol. The van der Waals surface area contributed by atoms with Crippen LogP contribution in [0.5, 0.6) is 0 Å². The Morgan fingerprint density at radius 3 is 2.73 bits per heavy atom. The molecular formula is C16H13N7O2S. The van der Waals surface area contributed by atoms with E-state index >= 15 is 0 Å². The third-order valence-electron chi connectivity index (χ3n) is 3.61. The Morgan fingerprint density at radius 2 is 1.88 bits per heavy atom. The fraction of sp³-hybridized carbons (Fsp3) is 0.0625.